The van der Waals surface area contributed by atoms with Gasteiger partial charge in [-0.25, -0.2) is 4.79 Å². The van der Waals surface area contributed by atoms with Gasteiger partial charge in [0.15, 0.2) is 0 Å². The van der Waals surface area contributed by atoms with Gasteiger partial charge in [-0.15, -0.1) is 11.3 Å². The Morgan fingerprint density at radius 3 is 2.65 bits per heavy atom. The Kier molecular flexibility index (Phi) is 6.57. The molecule has 1 aliphatic heterocycles. The number of nitrogens with one attached hydrogen (secondary N) is 1. The third-order valence-electron chi connectivity index (χ3n) is 5.65. The van der Waals surface area contributed by atoms with E-state index in [4.69, 9.17) is 0 Å². The molecule has 1 N–H and O–H groups in total. The molecule has 1 aromatic heterocycles. The second-order valence-electron chi connectivity index (χ2n) is 7.74. The van der Waals surface area contributed by atoms with Crippen molar-refractivity contribution in [2.24, 2.45) is 5.92 Å². The van der Waals surface area contributed by atoms with Crippen LogP contribution in [0.5, 0.6) is 0 Å². The number of aryl methyl sites for hydroxylation is 1. The van der Waals surface area contributed by atoms with Gasteiger partial charge in [0.2, 0.25) is 5.91 Å². The molecule has 1 atom stereocenters. The highest BCUT2D eigenvalue weighted by Gasteiger charge is 2.28. The van der Waals surface area contributed by atoms with E-state index in [1.54, 1.807) is 18.3 Å². The number of thiophene rings is 1. The summed E-state index contributed by atoms with van der Waals surface area (Å²) >= 11 is 1.78. The predicted molar refractivity (Wildman–Crippen MR) is 105 cm³/mol. The van der Waals surface area contributed by atoms with Crippen LogP contribution in [0, 0.1) is 12.8 Å². The van der Waals surface area contributed by atoms with Gasteiger partial charge in [-0.05, 0) is 50.7 Å². The summed E-state index contributed by atoms with van der Waals surface area (Å²) in [6, 6.07) is 4.69. The van der Waals surface area contributed by atoms with E-state index >= 15 is 0 Å². The zero-order chi connectivity index (χ0) is 18.5. The standard InChI is InChI=1S/C20H31N3O2S/c1-15-9-10-19(26-15)14-23(18-7-3-4-8-18)20(25)21-12-17-6-5-11-22(13-17)16(2)24/h9-10,17-18H,3-8,11-14H2,1-2H3,(H,21,25). The van der Waals surface area contributed by atoms with E-state index in [9.17, 15) is 9.59 Å². The Bertz CT molecular complexity index is 624. The Morgan fingerprint density at radius 2 is 2.00 bits per heavy atom. The zero-order valence-corrected chi connectivity index (χ0v) is 16.8. The van der Waals surface area contributed by atoms with Gasteiger partial charge in [-0.2, -0.15) is 0 Å². The van der Waals surface area contributed by atoms with Crippen LogP contribution in [0.4, 0.5) is 4.79 Å². The number of carbonyl (C=O) groups excluding carboxylic acids is 2. The Morgan fingerprint density at radius 1 is 1.23 bits per heavy atom. The third kappa shape index (κ3) is 5.00. The normalized spacial score (nSPS) is 21.0. The van der Waals surface area contributed by atoms with E-state index in [2.05, 4.69) is 24.4 Å². The summed E-state index contributed by atoms with van der Waals surface area (Å²) in [4.78, 5) is 31.0. The molecule has 1 aliphatic carbocycles. The fourth-order valence-electron chi connectivity index (χ4n) is 4.17. The molecule has 1 saturated carbocycles. The van der Waals surface area contributed by atoms with Crippen molar-refractivity contribution in [1.29, 1.82) is 0 Å². The molecule has 3 rings (SSSR count). The number of nitrogens with zero attached hydrogens (tertiary/aromatic N) is 2. The van der Waals surface area contributed by atoms with Crippen molar-refractivity contribution in [1.82, 2.24) is 15.1 Å². The molecule has 26 heavy (non-hydrogen) atoms. The first-order valence-electron chi connectivity index (χ1n) is 9.88. The Balaban J connectivity index is 1.57. The summed E-state index contributed by atoms with van der Waals surface area (Å²) in [7, 11) is 0. The lowest BCUT2D eigenvalue weighted by atomic mass is 9.98. The van der Waals surface area contributed by atoms with Crippen LogP contribution >= 0.6 is 11.3 Å². The summed E-state index contributed by atoms with van der Waals surface area (Å²) in [5, 5.41) is 3.17. The fourth-order valence-corrected chi connectivity index (χ4v) is 5.06. The summed E-state index contributed by atoms with van der Waals surface area (Å²) < 4.78 is 0. The van der Waals surface area contributed by atoms with Gasteiger partial charge in [0.25, 0.3) is 0 Å². The molecule has 2 heterocycles. The molecule has 3 amide bonds. The quantitative estimate of drug-likeness (QED) is 0.849. The maximum atomic E-state index is 12.9. The smallest absolute Gasteiger partial charge is 0.317 e. The second-order valence-corrected chi connectivity index (χ2v) is 9.11. The van der Waals surface area contributed by atoms with E-state index in [-0.39, 0.29) is 11.9 Å². The van der Waals surface area contributed by atoms with Crippen molar-refractivity contribution in [2.75, 3.05) is 19.6 Å². The Labute approximate surface area is 160 Å². The number of urea groups is 1. The third-order valence-corrected chi connectivity index (χ3v) is 6.64. The van der Waals surface area contributed by atoms with Gasteiger partial charge in [-0.1, -0.05) is 12.8 Å². The van der Waals surface area contributed by atoms with Gasteiger partial charge in [0.1, 0.15) is 0 Å². The maximum Gasteiger partial charge on any atom is 0.317 e. The summed E-state index contributed by atoms with van der Waals surface area (Å²) in [5.41, 5.74) is 0. The van der Waals surface area contributed by atoms with Crippen LogP contribution in [0.2, 0.25) is 0 Å². The van der Waals surface area contributed by atoms with Crippen LogP contribution in [0.3, 0.4) is 0 Å². The van der Waals surface area contributed by atoms with Gasteiger partial charge >= 0.3 is 6.03 Å². The number of likely N-dealkylation sites (tertiary alicyclic amines) is 1. The van der Waals surface area contributed by atoms with Crippen molar-refractivity contribution < 1.29 is 9.59 Å². The van der Waals surface area contributed by atoms with E-state index in [1.165, 1.54) is 22.6 Å². The predicted octanol–water partition coefficient (Wildman–Crippen LogP) is 3.77. The molecule has 1 unspecified atom stereocenters. The molecule has 2 fully saturated rings. The van der Waals surface area contributed by atoms with Gasteiger partial charge in [-0.3, -0.25) is 4.79 Å². The van der Waals surface area contributed by atoms with Crippen LogP contribution in [0.25, 0.3) is 0 Å². The SMILES string of the molecule is CC(=O)N1CCCC(CNC(=O)N(Cc2ccc(C)s2)C2CCCC2)C1. The lowest BCUT2D eigenvalue weighted by Gasteiger charge is -2.33. The first-order chi connectivity index (χ1) is 12.5. The summed E-state index contributed by atoms with van der Waals surface area (Å²) in [6.45, 7) is 6.73. The van der Waals surface area contributed by atoms with Gasteiger partial charge < -0.3 is 15.1 Å². The number of hydrogen-bond donors (Lipinski definition) is 1. The fraction of sp³-hybridized carbons (Fsp3) is 0.700. The maximum absolute atomic E-state index is 12.9. The molecule has 0 bridgehead atoms. The van der Waals surface area contributed by atoms with Crippen molar-refractivity contribution in [3.05, 3.63) is 21.9 Å². The van der Waals surface area contributed by atoms with Crippen molar-refractivity contribution in [2.45, 2.75) is 65.0 Å². The zero-order valence-electron chi connectivity index (χ0n) is 16.0. The molecular formula is C20H31N3O2S. The number of amides is 3. The van der Waals surface area contributed by atoms with Crippen LogP contribution in [-0.2, 0) is 11.3 Å². The molecule has 6 heteroatoms. The first-order valence-corrected chi connectivity index (χ1v) is 10.7. The van der Waals surface area contributed by atoms with Gasteiger partial charge in [0, 0.05) is 42.4 Å². The van der Waals surface area contributed by atoms with Crippen molar-refractivity contribution in [3.8, 4) is 0 Å². The topological polar surface area (TPSA) is 52.7 Å². The molecule has 1 aromatic rings. The lowest BCUT2D eigenvalue weighted by molar-refractivity contribution is -0.130. The second kappa shape index (κ2) is 8.89. The van der Waals surface area contributed by atoms with Crippen molar-refractivity contribution >= 4 is 23.3 Å². The van der Waals surface area contributed by atoms with E-state index < -0.39 is 0 Å². The number of piperidine rings is 1. The molecule has 144 valence electrons. The summed E-state index contributed by atoms with van der Waals surface area (Å²) in [6.07, 6.45) is 6.76. The number of hydrogen-bond acceptors (Lipinski definition) is 3. The van der Waals surface area contributed by atoms with E-state index in [0.29, 0.717) is 25.0 Å². The molecule has 1 saturated heterocycles. The molecule has 5 nitrogen and oxygen atoms in total. The largest absolute Gasteiger partial charge is 0.343 e. The van der Waals surface area contributed by atoms with E-state index in [0.717, 1.165) is 38.8 Å². The molecule has 0 spiro atoms. The average Bonchev–Trinajstić information content (AvgIpc) is 3.29. The molecule has 2 aliphatic rings. The summed E-state index contributed by atoms with van der Waals surface area (Å²) in [5.74, 6) is 0.507. The number of rotatable bonds is 5. The van der Waals surface area contributed by atoms with E-state index in [1.807, 2.05) is 9.80 Å². The first kappa shape index (κ1) is 19.2. The van der Waals surface area contributed by atoms with Crippen LogP contribution in [0.15, 0.2) is 12.1 Å². The van der Waals surface area contributed by atoms with Crippen LogP contribution < -0.4 is 5.32 Å². The average molecular weight is 378 g/mol. The highest BCUT2D eigenvalue weighted by atomic mass is 32.1. The minimum atomic E-state index is 0.0582. The van der Waals surface area contributed by atoms with Crippen LogP contribution in [0.1, 0.15) is 55.2 Å². The van der Waals surface area contributed by atoms with Crippen LogP contribution in [-0.4, -0.2) is 47.4 Å². The Hall–Kier alpha value is -1.56. The minimum Gasteiger partial charge on any atom is -0.343 e. The highest BCUT2D eigenvalue weighted by molar-refractivity contribution is 7.11. The van der Waals surface area contributed by atoms with Gasteiger partial charge in [0.05, 0.1) is 6.54 Å². The number of carbonyl (C=O) groups is 2. The van der Waals surface area contributed by atoms with Crippen molar-refractivity contribution in [3.63, 3.8) is 0 Å². The monoisotopic (exact) mass is 377 g/mol. The minimum absolute atomic E-state index is 0.0582. The highest BCUT2D eigenvalue weighted by Crippen LogP contribution is 2.27. The molecule has 0 radical (unpaired) electrons. The lowest BCUT2D eigenvalue weighted by Crippen LogP contribution is -2.48. The molecular weight excluding hydrogens is 346 g/mol. The molecule has 0 aromatic carbocycles.